The van der Waals surface area contributed by atoms with Crippen LogP contribution in [-0.2, 0) is 0 Å². The fourth-order valence-corrected chi connectivity index (χ4v) is 3.02. The van der Waals surface area contributed by atoms with Crippen molar-refractivity contribution in [1.82, 2.24) is 4.98 Å². The van der Waals surface area contributed by atoms with Gasteiger partial charge in [0.15, 0.2) is 0 Å². The third-order valence-electron chi connectivity index (χ3n) is 4.32. The Morgan fingerprint density at radius 1 is 0.593 bits per heavy atom. The highest BCUT2D eigenvalue weighted by Gasteiger charge is 2.09. The highest BCUT2D eigenvalue weighted by Crippen LogP contribution is 2.31. The largest absolute Gasteiger partial charge is 0.569 e. The molecule has 129 valence electrons. The molecule has 0 unspecified atom stereocenters. The number of hydrogen-bond acceptors (Lipinski definition) is 3. The lowest BCUT2D eigenvalue weighted by Gasteiger charge is -2.11. The van der Waals surface area contributed by atoms with Crippen molar-refractivity contribution in [1.29, 1.82) is 0 Å². The highest BCUT2D eigenvalue weighted by atomic mass is 16.5. The Balaban J connectivity index is 1.87. The molecule has 27 heavy (non-hydrogen) atoms. The van der Waals surface area contributed by atoms with Gasteiger partial charge in [-0.2, -0.15) is 0 Å². The molecule has 0 bridgehead atoms. The van der Waals surface area contributed by atoms with E-state index in [0.29, 0.717) is 13.4 Å². The predicted octanol–water partition coefficient (Wildman–Crippen LogP) is 4.99. The van der Waals surface area contributed by atoms with Gasteiger partial charge in [0, 0.05) is 11.1 Å². The number of rotatable bonds is 5. The molecule has 0 saturated carbocycles. The van der Waals surface area contributed by atoms with E-state index in [1.807, 2.05) is 54.6 Å². The van der Waals surface area contributed by atoms with E-state index in [-0.39, 0.29) is 0 Å². The maximum absolute atomic E-state index is 8.91. The van der Waals surface area contributed by atoms with Gasteiger partial charge in [0.05, 0.1) is 11.4 Å². The van der Waals surface area contributed by atoms with E-state index in [1.165, 1.54) is 0 Å². The van der Waals surface area contributed by atoms with Crippen molar-refractivity contribution in [3.8, 4) is 39.4 Å². The van der Waals surface area contributed by atoms with E-state index < -0.39 is 0 Å². The standard InChI is InChI=1S/C23H17BNO2/c26-24-27-21-13-7-12-19(14-21)20-15-22(17-8-3-1-4-9-17)25-23(16-20)18-10-5-2-6-11-18/h1-16,26H. The second kappa shape index (κ2) is 7.89. The smallest absolute Gasteiger partial charge is 0.537 e. The molecule has 1 aromatic heterocycles. The summed E-state index contributed by atoms with van der Waals surface area (Å²) in [6, 6.07) is 32.0. The third kappa shape index (κ3) is 3.91. The summed E-state index contributed by atoms with van der Waals surface area (Å²) in [5.74, 6) is 0.578. The molecule has 3 aromatic carbocycles. The minimum Gasteiger partial charge on any atom is -0.537 e. The van der Waals surface area contributed by atoms with Gasteiger partial charge in [0.1, 0.15) is 5.75 Å². The first-order chi connectivity index (χ1) is 13.3. The van der Waals surface area contributed by atoms with Gasteiger partial charge in [0.2, 0.25) is 0 Å². The van der Waals surface area contributed by atoms with E-state index in [1.54, 1.807) is 6.07 Å². The Morgan fingerprint density at radius 2 is 1.15 bits per heavy atom. The van der Waals surface area contributed by atoms with Crippen molar-refractivity contribution < 1.29 is 9.68 Å². The fraction of sp³-hybridized carbons (Fsp3) is 0. The normalized spacial score (nSPS) is 10.4. The fourth-order valence-electron chi connectivity index (χ4n) is 3.02. The van der Waals surface area contributed by atoms with Crippen molar-refractivity contribution in [2.75, 3.05) is 0 Å². The molecule has 0 saturated heterocycles. The van der Waals surface area contributed by atoms with Crippen molar-refractivity contribution in [2.24, 2.45) is 0 Å². The van der Waals surface area contributed by atoms with Crippen LogP contribution in [0.3, 0.4) is 0 Å². The summed E-state index contributed by atoms with van der Waals surface area (Å²) in [5.41, 5.74) is 5.97. The van der Waals surface area contributed by atoms with Gasteiger partial charge in [0.25, 0.3) is 0 Å². The lowest BCUT2D eigenvalue weighted by atomic mass is 10.00. The Kier molecular flexibility index (Phi) is 4.99. The lowest BCUT2D eigenvalue weighted by Crippen LogP contribution is -1.99. The summed E-state index contributed by atoms with van der Waals surface area (Å²) in [4.78, 5) is 4.88. The summed E-state index contributed by atoms with van der Waals surface area (Å²) >= 11 is 0. The zero-order valence-electron chi connectivity index (χ0n) is 14.6. The first kappa shape index (κ1) is 17.1. The van der Waals surface area contributed by atoms with Gasteiger partial charge in [-0.05, 0) is 35.4 Å². The number of nitrogens with zero attached hydrogens (tertiary/aromatic N) is 1. The lowest BCUT2D eigenvalue weighted by molar-refractivity contribution is 0.454. The molecule has 4 aromatic rings. The van der Waals surface area contributed by atoms with Crippen LogP contribution in [0.2, 0.25) is 0 Å². The number of pyridine rings is 1. The van der Waals surface area contributed by atoms with Crippen LogP contribution in [0, 0.1) is 0 Å². The summed E-state index contributed by atoms with van der Waals surface area (Å²) in [6.45, 7) is 0. The van der Waals surface area contributed by atoms with Gasteiger partial charge in [-0.25, -0.2) is 4.98 Å². The molecule has 4 rings (SSSR count). The molecule has 1 heterocycles. The van der Waals surface area contributed by atoms with Crippen LogP contribution in [0.1, 0.15) is 0 Å². The molecule has 0 fully saturated rings. The number of hydrogen-bond donors (Lipinski definition) is 1. The molecular weight excluding hydrogens is 333 g/mol. The quantitative estimate of drug-likeness (QED) is 0.516. The van der Waals surface area contributed by atoms with Crippen molar-refractivity contribution in [3.05, 3.63) is 97.1 Å². The molecule has 1 N–H and O–H groups in total. The average molecular weight is 350 g/mol. The van der Waals surface area contributed by atoms with Gasteiger partial charge in [-0.3, -0.25) is 0 Å². The first-order valence-electron chi connectivity index (χ1n) is 8.69. The minimum absolute atomic E-state index is 0.578. The second-order valence-corrected chi connectivity index (χ2v) is 6.11. The van der Waals surface area contributed by atoms with E-state index in [4.69, 9.17) is 14.7 Å². The molecule has 3 nitrogen and oxygen atoms in total. The van der Waals surface area contributed by atoms with Crippen LogP contribution in [0.5, 0.6) is 5.75 Å². The first-order valence-corrected chi connectivity index (χ1v) is 8.69. The Morgan fingerprint density at radius 3 is 1.70 bits per heavy atom. The zero-order chi connectivity index (χ0) is 18.5. The molecule has 4 heteroatoms. The maximum Gasteiger partial charge on any atom is 0.569 e. The molecule has 0 aliphatic heterocycles. The van der Waals surface area contributed by atoms with Crippen LogP contribution in [0.4, 0.5) is 0 Å². The Labute approximate surface area is 159 Å². The van der Waals surface area contributed by atoms with Gasteiger partial charge in [-0.15, -0.1) is 0 Å². The van der Waals surface area contributed by atoms with E-state index in [0.717, 1.165) is 33.6 Å². The second-order valence-electron chi connectivity index (χ2n) is 6.11. The molecule has 0 atom stereocenters. The Hall–Kier alpha value is -3.37. The van der Waals surface area contributed by atoms with Crippen molar-refractivity contribution >= 4 is 7.69 Å². The van der Waals surface area contributed by atoms with E-state index >= 15 is 0 Å². The molecule has 0 amide bonds. The minimum atomic E-state index is 0.578. The van der Waals surface area contributed by atoms with Crippen LogP contribution < -0.4 is 4.65 Å². The molecular formula is C23H17BNO2. The number of aromatic nitrogens is 1. The number of benzene rings is 3. The molecule has 0 aliphatic rings. The molecule has 0 aliphatic carbocycles. The predicted molar refractivity (Wildman–Crippen MR) is 109 cm³/mol. The van der Waals surface area contributed by atoms with Gasteiger partial charge < -0.3 is 9.68 Å². The summed E-state index contributed by atoms with van der Waals surface area (Å²) in [5, 5.41) is 8.91. The highest BCUT2D eigenvalue weighted by molar-refractivity contribution is 6.17. The van der Waals surface area contributed by atoms with E-state index in [2.05, 4.69) is 36.4 Å². The van der Waals surface area contributed by atoms with Crippen molar-refractivity contribution in [3.63, 3.8) is 0 Å². The molecule has 1 radical (unpaired) electrons. The topological polar surface area (TPSA) is 42.4 Å². The van der Waals surface area contributed by atoms with Crippen LogP contribution in [0.25, 0.3) is 33.6 Å². The average Bonchev–Trinajstić information content (AvgIpc) is 2.75. The zero-order valence-corrected chi connectivity index (χ0v) is 14.6. The third-order valence-corrected chi connectivity index (χ3v) is 4.32. The van der Waals surface area contributed by atoms with Crippen LogP contribution in [0.15, 0.2) is 97.1 Å². The summed E-state index contributed by atoms with van der Waals surface area (Å²) < 4.78 is 5.11. The summed E-state index contributed by atoms with van der Waals surface area (Å²) in [6.07, 6.45) is 0. The SMILES string of the molecule is O[B]Oc1cccc(-c2cc(-c3ccccc3)nc(-c3ccccc3)c2)c1. The van der Waals surface area contributed by atoms with Gasteiger partial charge >= 0.3 is 7.69 Å². The Bertz CT molecular complexity index is 979. The summed E-state index contributed by atoms with van der Waals surface area (Å²) in [7, 11) is 0.691. The monoisotopic (exact) mass is 350 g/mol. The van der Waals surface area contributed by atoms with E-state index in [9.17, 15) is 0 Å². The van der Waals surface area contributed by atoms with Crippen LogP contribution in [-0.4, -0.2) is 17.7 Å². The van der Waals surface area contributed by atoms with Crippen LogP contribution >= 0.6 is 0 Å². The van der Waals surface area contributed by atoms with Crippen molar-refractivity contribution in [2.45, 2.75) is 0 Å². The maximum atomic E-state index is 8.91. The molecule has 0 spiro atoms. The van der Waals surface area contributed by atoms with Gasteiger partial charge in [-0.1, -0.05) is 72.8 Å².